The van der Waals surface area contributed by atoms with E-state index in [0.717, 1.165) is 24.6 Å². The summed E-state index contributed by atoms with van der Waals surface area (Å²) in [5, 5.41) is 7.12. The first-order valence-electron chi connectivity index (χ1n) is 7.46. The second-order valence-electron chi connectivity index (χ2n) is 6.17. The maximum atomic E-state index is 11.6. The van der Waals surface area contributed by atoms with Crippen molar-refractivity contribution < 1.29 is 4.79 Å². The van der Waals surface area contributed by atoms with E-state index in [1.807, 2.05) is 0 Å². The van der Waals surface area contributed by atoms with Crippen molar-refractivity contribution >= 4 is 22.8 Å². The number of carbonyl (C=O) groups excluding carboxylic acids is 1. The smallest absolute Gasteiger partial charge is 0.239 e. The third-order valence-corrected chi connectivity index (χ3v) is 5.63. The number of nitrogens with one attached hydrogen (secondary N) is 2. The van der Waals surface area contributed by atoms with E-state index < -0.39 is 0 Å². The van der Waals surface area contributed by atoms with E-state index in [1.165, 1.54) is 37.9 Å². The average molecular weight is 281 g/mol. The zero-order valence-corrected chi connectivity index (χ0v) is 12.2. The molecule has 106 valence electrons. The molecule has 5 heteroatoms. The van der Waals surface area contributed by atoms with E-state index in [9.17, 15) is 4.79 Å². The Morgan fingerprint density at radius 2 is 2.11 bits per heavy atom. The molecule has 0 aromatic heterocycles. The minimum atomic E-state index is 0.101. The SMILES string of the molecule is O=C(CNC1=NCC2(CCCCC2)CS1)NC1CC1. The Kier molecular flexibility index (Phi) is 4.01. The minimum absolute atomic E-state index is 0.101. The zero-order chi connectivity index (χ0) is 13.1. The third-order valence-electron chi connectivity index (χ3n) is 4.33. The quantitative estimate of drug-likeness (QED) is 0.831. The van der Waals surface area contributed by atoms with E-state index in [-0.39, 0.29) is 5.91 Å². The van der Waals surface area contributed by atoms with Crippen LogP contribution < -0.4 is 10.6 Å². The highest BCUT2D eigenvalue weighted by Crippen LogP contribution is 2.41. The monoisotopic (exact) mass is 281 g/mol. The predicted octanol–water partition coefficient (Wildman–Crippen LogP) is 1.91. The molecule has 2 fully saturated rings. The lowest BCUT2D eigenvalue weighted by atomic mass is 9.75. The van der Waals surface area contributed by atoms with Crippen LogP contribution in [0.1, 0.15) is 44.9 Å². The topological polar surface area (TPSA) is 53.5 Å². The Morgan fingerprint density at radius 3 is 2.74 bits per heavy atom. The molecule has 3 rings (SSSR count). The Balaban J connectivity index is 1.43. The molecule has 19 heavy (non-hydrogen) atoms. The molecule has 0 aromatic carbocycles. The summed E-state index contributed by atoms with van der Waals surface area (Å²) in [6.45, 7) is 1.32. The molecule has 0 aromatic rings. The van der Waals surface area contributed by atoms with Crippen LogP contribution in [0.5, 0.6) is 0 Å². The van der Waals surface area contributed by atoms with Gasteiger partial charge in [-0.2, -0.15) is 0 Å². The largest absolute Gasteiger partial charge is 0.356 e. The van der Waals surface area contributed by atoms with Crippen LogP contribution in [-0.4, -0.2) is 36.0 Å². The molecule has 0 atom stereocenters. The Hall–Kier alpha value is -0.710. The van der Waals surface area contributed by atoms with Gasteiger partial charge in [-0.15, -0.1) is 0 Å². The number of hydrogen-bond acceptors (Lipinski definition) is 4. The van der Waals surface area contributed by atoms with Gasteiger partial charge in [0.05, 0.1) is 6.54 Å². The lowest BCUT2D eigenvalue weighted by molar-refractivity contribution is -0.120. The van der Waals surface area contributed by atoms with Crippen LogP contribution in [0.4, 0.5) is 0 Å². The fourth-order valence-corrected chi connectivity index (χ4v) is 4.08. The van der Waals surface area contributed by atoms with Gasteiger partial charge in [0.25, 0.3) is 0 Å². The summed E-state index contributed by atoms with van der Waals surface area (Å²) in [5.41, 5.74) is 0.463. The molecule has 0 unspecified atom stereocenters. The third kappa shape index (κ3) is 3.65. The van der Waals surface area contributed by atoms with Crippen molar-refractivity contribution in [3.63, 3.8) is 0 Å². The van der Waals surface area contributed by atoms with Crippen molar-refractivity contribution in [3.8, 4) is 0 Å². The Labute approximate surface area is 119 Å². The molecule has 3 aliphatic rings. The molecule has 2 saturated carbocycles. The Bertz CT molecular complexity index is 373. The number of carbonyl (C=O) groups is 1. The summed E-state index contributed by atoms with van der Waals surface area (Å²) in [6.07, 6.45) is 9.07. The summed E-state index contributed by atoms with van der Waals surface area (Å²) in [4.78, 5) is 16.3. The molecule has 1 heterocycles. The molecular weight excluding hydrogens is 258 g/mol. The predicted molar refractivity (Wildman–Crippen MR) is 79.4 cm³/mol. The van der Waals surface area contributed by atoms with Gasteiger partial charge in [0.2, 0.25) is 5.91 Å². The molecule has 1 amide bonds. The molecule has 1 spiro atoms. The lowest BCUT2D eigenvalue weighted by Gasteiger charge is -2.38. The van der Waals surface area contributed by atoms with Gasteiger partial charge in [-0.3, -0.25) is 9.79 Å². The highest BCUT2D eigenvalue weighted by Gasteiger charge is 2.34. The van der Waals surface area contributed by atoms with Crippen LogP contribution in [0.2, 0.25) is 0 Å². The van der Waals surface area contributed by atoms with Gasteiger partial charge >= 0.3 is 0 Å². The highest BCUT2D eigenvalue weighted by atomic mass is 32.2. The van der Waals surface area contributed by atoms with Crippen molar-refractivity contribution in [1.82, 2.24) is 10.6 Å². The van der Waals surface area contributed by atoms with Gasteiger partial charge < -0.3 is 10.6 Å². The number of rotatable bonds is 3. The van der Waals surface area contributed by atoms with Gasteiger partial charge in [-0.25, -0.2) is 0 Å². The second-order valence-corrected chi connectivity index (χ2v) is 7.13. The van der Waals surface area contributed by atoms with Crippen LogP contribution in [0.15, 0.2) is 4.99 Å². The van der Waals surface area contributed by atoms with Crippen LogP contribution in [-0.2, 0) is 4.79 Å². The number of thioether (sulfide) groups is 1. The normalized spacial score (nSPS) is 25.8. The lowest BCUT2D eigenvalue weighted by Crippen LogP contribution is -2.40. The van der Waals surface area contributed by atoms with E-state index in [2.05, 4.69) is 15.6 Å². The maximum Gasteiger partial charge on any atom is 0.239 e. The fraction of sp³-hybridized carbons (Fsp3) is 0.857. The summed E-state index contributed by atoms with van der Waals surface area (Å²) < 4.78 is 0. The van der Waals surface area contributed by atoms with Crippen molar-refractivity contribution in [1.29, 1.82) is 0 Å². The second kappa shape index (κ2) is 5.73. The van der Waals surface area contributed by atoms with Crippen LogP contribution in [0.25, 0.3) is 0 Å². The van der Waals surface area contributed by atoms with Gasteiger partial charge in [0.1, 0.15) is 0 Å². The fourth-order valence-electron chi connectivity index (χ4n) is 2.93. The number of hydrogen-bond donors (Lipinski definition) is 2. The summed E-state index contributed by atoms with van der Waals surface area (Å²) in [7, 11) is 0. The van der Waals surface area contributed by atoms with E-state index in [0.29, 0.717) is 18.0 Å². The standard InChI is InChI=1S/C14H23N3OS/c18-12(17-11-4-5-11)8-15-13-16-9-14(10-19-13)6-2-1-3-7-14/h11H,1-10H2,(H,15,16)(H,17,18). The van der Waals surface area contributed by atoms with Gasteiger partial charge in [0.15, 0.2) is 5.17 Å². The summed E-state index contributed by atoms with van der Waals surface area (Å²) >= 11 is 1.80. The molecular formula is C14H23N3OS. The van der Waals surface area contributed by atoms with Gasteiger partial charge in [0, 0.05) is 18.3 Å². The summed E-state index contributed by atoms with van der Waals surface area (Å²) in [6, 6.07) is 0.445. The van der Waals surface area contributed by atoms with Crippen molar-refractivity contribution in [2.45, 2.75) is 51.0 Å². The van der Waals surface area contributed by atoms with Crippen molar-refractivity contribution in [2.24, 2.45) is 10.4 Å². The molecule has 0 radical (unpaired) electrons. The van der Waals surface area contributed by atoms with Gasteiger partial charge in [-0.1, -0.05) is 31.0 Å². The van der Waals surface area contributed by atoms with E-state index >= 15 is 0 Å². The van der Waals surface area contributed by atoms with E-state index in [1.54, 1.807) is 11.8 Å². The van der Waals surface area contributed by atoms with Crippen LogP contribution >= 0.6 is 11.8 Å². The summed E-state index contributed by atoms with van der Waals surface area (Å²) in [5.74, 6) is 1.27. The van der Waals surface area contributed by atoms with Crippen LogP contribution in [0.3, 0.4) is 0 Å². The number of amidine groups is 1. The molecule has 2 N–H and O–H groups in total. The average Bonchev–Trinajstić information content (AvgIpc) is 3.23. The molecule has 1 aliphatic heterocycles. The maximum absolute atomic E-state index is 11.6. The number of aliphatic imine (C=N–C) groups is 1. The molecule has 0 bridgehead atoms. The first-order valence-corrected chi connectivity index (χ1v) is 8.45. The molecule has 2 aliphatic carbocycles. The van der Waals surface area contributed by atoms with E-state index in [4.69, 9.17) is 0 Å². The zero-order valence-electron chi connectivity index (χ0n) is 11.4. The Morgan fingerprint density at radius 1 is 1.32 bits per heavy atom. The molecule has 4 nitrogen and oxygen atoms in total. The van der Waals surface area contributed by atoms with Crippen molar-refractivity contribution in [3.05, 3.63) is 0 Å². The van der Waals surface area contributed by atoms with Crippen LogP contribution in [0, 0.1) is 5.41 Å². The first-order chi connectivity index (χ1) is 9.26. The van der Waals surface area contributed by atoms with Gasteiger partial charge in [-0.05, 0) is 31.1 Å². The minimum Gasteiger partial charge on any atom is -0.356 e. The molecule has 0 saturated heterocycles. The highest BCUT2D eigenvalue weighted by molar-refractivity contribution is 8.13. The first kappa shape index (κ1) is 13.3. The van der Waals surface area contributed by atoms with Crippen molar-refractivity contribution in [2.75, 3.05) is 18.8 Å². The number of amides is 1. The number of nitrogens with zero attached hydrogens (tertiary/aromatic N) is 1.